The summed E-state index contributed by atoms with van der Waals surface area (Å²) in [4.78, 5) is 4.04. The first kappa shape index (κ1) is 12.6. The summed E-state index contributed by atoms with van der Waals surface area (Å²) in [6, 6.07) is 1.84. The first-order valence-electron chi connectivity index (χ1n) is 5.96. The zero-order valence-corrected chi connectivity index (χ0v) is 10.9. The topological polar surface area (TPSA) is 77.0 Å². The van der Waals surface area contributed by atoms with Gasteiger partial charge >= 0.3 is 0 Å². The third-order valence-corrected chi connectivity index (χ3v) is 3.08. The third kappa shape index (κ3) is 2.09. The molecule has 0 aromatic carbocycles. The average molecular weight is 246 g/mol. The molecule has 0 amide bonds. The fourth-order valence-electron chi connectivity index (χ4n) is 2.16. The van der Waals surface area contributed by atoms with Gasteiger partial charge in [-0.15, -0.1) is 0 Å². The number of rotatable bonds is 3. The highest BCUT2D eigenvalue weighted by Gasteiger charge is 2.21. The molecule has 0 bridgehead atoms. The van der Waals surface area contributed by atoms with E-state index in [0.717, 1.165) is 23.2 Å². The zero-order chi connectivity index (χ0) is 13.3. The van der Waals surface area contributed by atoms with Crippen LogP contribution in [0.25, 0.3) is 0 Å². The minimum Gasteiger partial charge on any atom is -0.383 e. The molecule has 0 aliphatic rings. The van der Waals surface area contributed by atoms with Crippen molar-refractivity contribution in [2.45, 2.75) is 26.4 Å². The number of aryl methyl sites for hydroxylation is 3. The third-order valence-electron chi connectivity index (χ3n) is 3.08. The number of pyridine rings is 1. The predicted molar refractivity (Wildman–Crippen MR) is 70.0 cm³/mol. The van der Waals surface area contributed by atoms with Crippen LogP contribution < -0.4 is 5.73 Å². The second kappa shape index (κ2) is 4.78. The smallest absolute Gasteiger partial charge is 0.129 e. The van der Waals surface area contributed by atoms with Crippen molar-refractivity contribution >= 4 is 5.82 Å². The van der Waals surface area contributed by atoms with Gasteiger partial charge < -0.3 is 10.8 Å². The molecule has 0 radical (unpaired) electrons. The summed E-state index contributed by atoms with van der Waals surface area (Å²) in [7, 11) is 1.84. The molecule has 0 saturated carbocycles. The van der Waals surface area contributed by atoms with Crippen molar-refractivity contribution in [1.29, 1.82) is 0 Å². The Morgan fingerprint density at radius 2 is 2.22 bits per heavy atom. The lowest BCUT2D eigenvalue weighted by molar-refractivity contribution is 0.219. The second-order valence-electron chi connectivity index (χ2n) is 4.39. The SMILES string of the molecule is CCc1nn(C)cc1C(O)c1c(C)ccnc1N. The quantitative estimate of drug-likeness (QED) is 0.857. The maximum Gasteiger partial charge on any atom is 0.129 e. The van der Waals surface area contributed by atoms with Gasteiger partial charge in [0.25, 0.3) is 0 Å². The number of anilines is 1. The van der Waals surface area contributed by atoms with Gasteiger partial charge in [-0.2, -0.15) is 5.10 Å². The summed E-state index contributed by atoms with van der Waals surface area (Å²) < 4.78 is 1.71. The fourth-order valence-corrected chi connectivity index (χ4v) is 2.16. The van der Waals surface area contributed by atoms with E-state index in [4.69, 9.17) is 5.73 Å². The average Bonchev–Trinajstić information content (AvgIpc) is 2.70. The van der Waals surface area contributed by atoms with Crippen molar-refractivity contribution in [2.24, 2.45) is 7.05 Å². The van der Waals surface area contributed by atoms with E-state index in [0.29, 0.717) is 11.4 Å². The lowest BCUT2D eigenvalue weighted by atomic mass is 9.98. The molecule has 5 heteroatoms. The van der Waals surface area contributed by atoms with Crippen molar-refractivity contribution in [2.75, 3.05) is 5.73 Å². The van der Waals surface area contributed by atoms with Gasteiger partial charge in [-0.05, 0) is 25.0 Å². The molecule has 0 spiro atoms. The molecule has 2 heterocycles. The molecule has 2 rings (SSSR count). The number of hydrogen-bond donors (Lipinski definition) is 2. The number of nitrogens with two attached hydrogens (primary N) is 1. The van der Waals surface area contributed by atoms with Gasteiger partial charge in [-0.3, -0.25) is 4.68 Å². The lowest BCUT2D eigenvalue weighted by Gasteiger charge is -2.15. The molecule has 2 aromatic heterocycles. The van der Waals surface area contributed by atoms with Crippen LogP contribution in [0.2, 0.25) is 0 Å². The minimum atomic E-state index is -0.776. The van der Waals surface area contributed by atoms with E-state index in [9.17, 15) is 5.11 Å². The van der Waals surface area contributed by atoms with Crippen LogP contribution in [0.15, 0.2) is 18.5 Å². The maximum absolute atomic E-state index is 10.5. The van der Waals surface area contributed by atoms with Crippen molar-refractivity contribution in [3.63, 3.8) is 0 Å². The highest BCUT2D eigenvalue weighted by atomic mass is 16.3. The van der Waals surface area contributed by atoms with E-state index < -0.39 is 6.10 Å². The van der Waals surface area contributed by atoms with Gasteiger partial charge in [-0.1, -0.05) is 6.92 Å². The molecule has 0 aliphatic carbocycles. The van der Waals surface area contributed by atoms with Gasteiger partial charge in [0, 0.05) is 30.6 Å². The largest absolute Gasteiger partial charge is 0.383 e. The second-order valence-corrected chi connectivity index (χ2v) is 4.39. The van der Waals surface area contributed by atoms with Crippen molar-refractivity contribution in [3.05, 3.63) is 40.8 Å². The lowest BCUT2D eigenvalue weighted by Crippen LogP contribution is -2.08. The van der Waals surface area contributed by atoms with E-state index in [2.05, 4.69) is 10.1 Å². The number of aromatic nitrogens is 3. The van der Waals surface area contributed by atoms with Crippen LogP contribution in [0.3, 0.4) is 0 Å². The standard InChI is InChI=1S/C13H18N4O/c1-4-10-9(7-17(3)16-10)12(18)11-8(2)5-6-15-13(11)14/h5-7,12,18H,4H2,1-3H3,(H2,14,15). The zero-order valence-electron chi connectivity index (χ0n) is 10.9. The summed E-state index contributed by atoms with van der Waals surface area (Å²) in [5, 5.41) is 14.8. The van der Waals surface area contributed by atoms with Crippen LogP contribution in [0.4, 0.5) is 5.82 Å². The molecular formula is C13H18N4O. The number of nitrogens with zero attached hydrogens (tertiary/aromatic N) is 3. The first-order valence-corrected chi connectivity index (χ1v) is 5.96. The highest BCUT2D eigenvalue weighted by molar-refractivity contribution is 5.49. The highest BCUT2D eigenvalue weighted by Crippen LogP contribution is 2.29. The number of aliphatic hydroxyl groups excluding tert-OH is 1. The number of hydrogen-bond acceptors (Lipinski definition) is 4. The summed E-state index contributed by atoms with van der Waals surface area (Å²) in [6.45, 7) is 3.93. The molecule has 0 fully saturated rings. The van der Waals surface area contributed by atoms with E-state index in [1.165, 1.54) is 0 Å². The Bertz CT molecular complexity index is 542. The Balaban J connectivity index is 2.50. The molecule has 3 N–H and O–H groups in total. The molecule has 0 aliphatic heterocycles. The van der Waals surface area contributed by atoms with Crippen LogP contribution in [-0.2, 0) is 13.5 Å². The summed E-state index contributed by atoms with van der Waals surface area (Å²) in [6.07, 6.45) is 3.47. The van der Waals surface area contributed by atoms with Gasteiger partial charge in [0.05, 0.1) is 5.69 Å². The molecule has 96 valence electrons. The minimum absolute atomic E-state index is 0.369. The van der Waals surface area contributed by atoms with Gasteiger partial charge in [0.2, 0.25) is 0 Å². The normalized spacial score (nSPS) is 12.7. The molecule has 1 unspecified atom stereocenters. The summed E-state index contributed by atoms with van der Waals surface area (Å²) in [5.41, 5.74) is 9.13. The molecule has 2 aromatic rings. The van der Waals surface area contributed by atoms with E-state index in [1.54, 1.807) is 10.9 Å². The first-order chi connectivity index (χ1) is 8.54. The maximum atomic E-state index is 10.5. The Hall–Kier alpha value is -1.88. The Kier molecular flexibility index (Phi) is 3.34. The predicted octanol–water partition coefficient (Wildman–Crippen LogP) is 1.35. The summed E-state index contributed by atoms with van der Waals surface area (Å²) >= 11 is 0. The molecule has 1 atom stereocenters. The fraction of sp³-hybridized carbons (Fsp3) is 0.385. The van der Waals surface area contributed by atoms with Crippen LogP contribution in [0, 0.1) is 6.92 Å². The van der Waals surface area contributed by atoms with Crippen LogP contribution >= 0.6 is 0 Å². The van der Waals surface area contributed by atoms with Crippen LogP contribution in [0.1, 0.15) is 35.4 Å². The monoisotopic (exact) mass is 246 g/mol. The van der Waals surface area contributed by atoms with Crippen LogP contribution in [-0.4, -0.2) is 19.9 Å². The van der Waals surface area contributed by atoms with E-state index in [1.807, 2.05) is 33.2 Å². The van der Waals surface area contributed by atoms with Gasteiger partial charge in [0.15, 0.2) is 0 Å². The summed E-state index contributed by atoms with van der Waals surface area (Å²) in [5.74, 6) is 0.369. The van der Waals surface area contributed by atoms with Crippen molar-refractivity contribution < 1.29 is 5.11 Å². The molecule has 0 saturated heterocycles. The van der Waals surface area contributed by atoms with E-state index in [-0.39, 0.29) is 0 Å². The van der Waals surface area contributed by atoms with Crippen molar-refractivity contribution in [3.8, 4) is 0 Å². The van der Waals surface area contributed by atoms with Gasteiger partial charge in [0.1, 0.15) is 11.9 Å². The Labute approximate surface area is 106 Å². The number of nitrogen functional groups attached to an aromatic ring is 1. The van der Waals surface area contributed by atoms with Crippen molar-refractivity contribution in [1.82, 2.24) is 14.8 Å². The van der Waals surface area contributed by atoms with Gasteiger partial charge in [-0.25, -0.2) is 4.98 Å². The van der Waals surface area contributed by atoms with Crippen LogP contribution in [0.5, 0.6) is 0 Å². The Morgan fingerprint density at radius 3 is 2.83 bits per heavy atom. The molecule has 18 heavy (non-hydrogen) atoms. The Morgan fingerprint density at radius 1 is 1.50 bits per heavy atom. The number of aliphatic hydroxyl groups is 1. The van der Waals surface area contributed by atoms with E-state index >= 15 is 0 Å². The molecule has 5 nitrogen and oxygen atoms in total. The molecular weight excluding hydrogens is 228 g/mol.